The molecule has 0 saturated carbocycles. The quantitative estimate of drug-likeness (QED) is 0.622. The third-order valence-corrected chi connectivity index (χ3v) is 5.05. The van der Waals surface area contributed by atoms with Gasteiger partial charge in [0.1, 0.15) is 5.69 Å². The van der Waals surface area contributed by atoms with Gasteiger partial charge >= 0.3 is 0 Å². The Balaban J connectivity index is 0.000000179. The van der Waals surface area contributed by atoms with Crippen molar-refractivity contribution in [2.24, 2.45) is 5.73 Å². The monoisotopic (exact) mass is 416 g/mol. The number of hydrogen-bond donors (Lipinski definition) is 2. The number of hydrogen-bond acceptors (Lipinski definition) is 6. The first-order chi connectivity index (χ1) is 15.0. The number of amides is 1. The molecule has 2 aromatic heterocycles. The number of carbonyl (C=O) groups is 1. The highest BCUT2D eigenvalue weighted by atomic mass is 16.1. The summed E-state index contributed by atoms with van der Waals surface area (Å²) in [5.41, 5.74) is 9.64. The number of carbonyl (C=O) groups excluding carboxylic acids is 1. The number of anilines is 2. The molecule has 0 atom stereocenters. The smallest absolute Gasteiger partial charge is 0.267 e. The van der Waals surface area contributed by atoms with Gasteiger partial charge in [0, 0.05) is 56.5 Å². The van der Waals surface area contributed by atoms with Crippen LogP contribution in [0.25, 0.3) is 0 Å². The van der Waals surface area contributed by atoms with E-state index >= 15 is 0 Å². The molecule has 0 unspecified atom stereocenters. The summed E-state index contributed by atoms with van der Waals surface area (Å²) >= 11 is 0. The molecule has 3 N–H and O–H groups in total. The van der Waals surface area contributed by atoms with Gasteiger partial charge in [0.15, 0.2) is 0 Å². The topological polar surface area (TPSA) is 99.2 Å². The van der Waals surface area contributed by atoms with E-state index in [-0.39, 0.29) is 0 Å². The van der Waals surface area contributed by atoms with Crippen LogP contribution in [0.15, 0.2) is 67.0 Å². The Labute approximate surface area is 183 Å². The van der Waals surface area contributed by atoms with Crippen LogP contribution in [0, 0.1) is 5.41 Å². The summed E-state index contributed by atoms with van der Waals surface area (Å²) in [7, 11) is 3.95. The molecular weight excluding hydrogens is 388 g/mol. The zero-order chi connectivity index (χ0) is 22.2. The number of nitrogens with one attached hydrogen (secondary N) is 1. The lowest BCUT2D eigenvalue weighted by atomic mass is 10.1. The molecule has 3 heterocycles. The van der Waals surface area contributed by atoms with E-state index in [9.17, 15) is 4.79 Å². The van der Waals surface area contributed by atoms with E-state index in [2.05, 4.69) is 14.9 Å². The van der Waals surface area contributed by atoms with Crippen molar-refractivity contribution in [3.63, 3.8) is 0 Å². The van der Waals surface area contributed by atoms with E-state index in [0.29, 0.717) is 17.1 Å². The molecule has 3 aromatic rings. The number of primary amides is 1. The van der Waals surface area contributed by atoms with Gasteiger partial charge in [-0.25, -0.2) is 0 Å². The van der Waals surface area contributed by atoms with E-state index in [0.717, 1.165) is 30.0 Å². The molecule has 4 rings (SSSR count). The van der Waals surface area contributed by atoms with Crippen molar-refractivity contribution >= 4 is 23.0 Å². The van der Waals surface area contributed by atoms with Crippen molar-refractivity contribution in [1.29, 1.82) is 5.41 Å². The van der Waals surface area contributed by atoms with Crippen molar-refractivity contribution in [2.45, 2.75) is 12.8 Å². The highest BCUT2D eigenvalue weighted by Crippen LogP contribution is 2.19. The van der Waals surface area contributed by atoms with Crippen molar-refractivity contribution < 1.29 is 4.79 Å². The molecule has 1 aromatic carbocycles. The maximum Gasteiger partial charge on any atom is 0.267 e. The fraction of sp³-hybridized carbons (Fsp3) is 0.250. The van der Waals surface area contributed by atoms with Crippen LogP contribution in [-0.2, 0) is 0 Å². The lowest BCUT2D eigenvalue weighted by Crippen LogP contribution is -2.19. The summed E-state index contributed by atoms with van der Waals surface area (Å²) in [6, 6.07) is 17.2. The van der Waals surface area contributed by atoms with Gasteiger partial charge in [-0.15, -0.1) is 0 Å². The van der Waals surface area contributed by atoms with Crippen LogP contribution < -0.4 is 15.5 Å². The Hall–Kier alpha value is -3.74. The van der Waals surface area contributed by atoms with Gasteiger partial charge in [0.25, 0.3) is 5.91 Å². The first-order valence-corrected chi connectivity index (χ1v) is 10.2. The average Bonchev–Trinajstić information content (AvgIpc) is 3.35. The number of nitrogens with two attached hydrogens (primary N) is 1. The zero-order valence-electron chi connectivity index (χ0n) is 18.0. The van der Waals surface area contributed by atoms with Gasteiger partial charge < -0.3 is 15.5 Å². The van der Waals surface area contributed by atoms with Crippen LogP contribution in [0.1, 0.15) is 34.6 Å². The van der Waals surface area contributed by atoms with E-state index in [4.69, 9.17) is 11.1 Å². The molecule has 7 heteroatoms. The van der Waals surface area contributed by atoms with Crippen LogP contribution >= 0.6 is 0 Å². The van der Waals surface area contributed by atoms with Crippen LogP contribution in [0.5, 0.6) is 0 Å². The predicted octanol–water partition coefficient (Wildman–Crippen LogP) is 3.34. The first-order valence-electron chi connectivity index (χ1n) is 10.2. The molecule has 0 spiro atoms. The van der Waals surface area contributed by atoms with Crippen molar-refractivity contribution in [3.05, 3.63) is 83.9 Å². The van der Waals surface area contributed by atoms with E-state index in [1.165, 1.54) is 12.8 Å². The van der Waals surface area contributed by atoms with E-state index in [1.54, 1.807) is 18.5 Å². The molecule has 1 saturated heterocycles. The standard InChI is InChI=1S/C14H15N3.C10H13N3O/c1-17(2)12-8-9-16-13(10-12)14(15)11-6-4-3-5-7-11;11-10(14)9-7-8(3-4-12-9)13-5-1-2-6-13/h3-10,15H,1-2H3;3-4,7H,1-2,5-6H2,(H2,11,14). The molecule has 31 heavy (non-hydrogen) atoms. The van der Waals surface area contributed by atoms with Crippen molar-refractivity contribution in [2.75, 3.05) is 37.0 Å². The van der Waals surface area contributed by atoms with Gasteiger partial charge in [-0.05, 0) is 37.1 Å². The summed E-state index contributed by atoms with van der Waals surface area (Å²) < 4.78 is 0. The fourth-order valence-electron chi connectivity index (χ4n) is 3.31. The summed E-state index contributed by atoms with van der Waals surface area (Å²) in [6.45, 7) is 2.12. The largest absolute Gasteiger partial charge is 0.378 e. The second-order valence-electron chi connectivity index (χ2n) is 7.49. The van der Waals surface area contributed by atoms with Crippen LogP contribution in [0.3, 0.4) is 0 Å². The number of pyridine rings is 2. The number of aromatic nitrogens is 2. The highest BCUT2D eigenvalue weighted by Gasteiger charge is 2.13. The van der Waals surface area contributed by atoms with Crippen LogP contribution in [-0.4, -0.2) is 48.8 Å². The fourth-order valence-corrected chi connectivity index (χ4v) is 3.31. The zero-order valence-corrected chi connectivity index (χ0v) is 18.0. The van der Waals surface area contributed by atoms with Gasteiger partial charge in [-0.1, -0.05) is 30.3 Å². The molecule has 7 nitrogen and oxygen atoms in total. The Morgan fingerprint density at radius 2 is 1.61 bits per heavy atom. The normalized spacial score (nSPS) is 12.6. The molecular formula is C24H28N6O. The molecule has 1 aliphatic heterocycles. The van der Waals surface area contributed by atoms with Gasteiger partial charge in [-0.2, -0.15) is 0 Å². The Bertz CT molecular complexity index is 1030. The van der Waals surface area contributed by atoms with E-state index < -0.39 is 5.91 Å². The van der Waals surface area contributed by atoms with Crippen molar-refractivity contribution in [3.8, 4) is 0 Å². The molecule has 0 aliphatic carbocycles. The molecule has 160 valence electrons. The molecule has 0 bridgehead atoms. The number of rotatable bonds is 5. The maximum atomic E-state index is 10.9. The number of nitrogens with zero attached hydrogens (tertiary/aromatic N) is 4. The lowest BCUT2D eigenvalue weighted by Gasteiger charge is -2.17. The van der Waals surface area contributed by atoms with Crippen molar-refractivity contribution in [1.82, 2.24) is 9.97 Å². The third kappa shape index (κ3) is 5.88. The number of benzene rings is 1. The molecule has 0 radical (unpaired) electrons. The lowest BCUT2D eigenvalue weighted by molar-refractivity contribution is 0.0995. The van der Waals surface area contributed by atoms with Gasteiger partial charge in [0.2, 0.25) is 0 Å². The summed E-state index contributed by atoms with van der Waals surface area (Å²) in [6.07, 6.45) is 5.80. The minimum Gasteiger partial charge on any atom is -0.378 e. The van der Waals surface area contributed by atoms with E-state index in [1.807, 2.05) is 67.5 Å². The minimum absolute atomic E-state index is 0.342. The third-order valence-electron chi connectivity index (χ3n) is 5.05. The van der Waals surface area contributed by atoms with Gasteiger partial charge in [-0.3, -0.25) is 20.2 Å². The average molecular weight is 417 g/mol. The summed E-state index contributed by atoms with van der Waals surface area (Å²) in [4.78, 5) is 23.3. The van der Waals surface area contributed by atoms with Gasteiger partial charge in [0.05, 0.1) is 11.4 Å². The van der Waals surface area contributed by atoms with Crippen LogP contribution in [0.2, 0.25) is 0 Å². The maximum absolute atomic E-state index is 10.9. The first kappa shape index (κ1) is 22.0. The summed E-state index contributed by atoms with van der Waals surface area (Å²) in [5, 5.41) is 8.13. The molecule has 1 amide bonds. The molecule has 1 fully saturated rings. The second-order valence-corrected chi connectivity index (χ2v) is 7.49. The van der Waals surface area contributed by atoms with Crippen LogP contribution in [0.4, 0.5) is 11.4 Å². The predicted molar refractivity (Wildman–Crippen MR) is 125 cm³/mol. The Morgan fingerprint density at radius 3 is 2.26 bits per heavy atom. The Kier molecular flexibility index (Phi) is 7.32. The SMILES string of the molecule is CN(C)c1ccnc(C(=N)c2ccccc2)c1.NC(=O)c1cc(N2CCCC2)ccn1. The summed E-state index contributed by atoms with van der Waals surface area (Å²) in [5.74, 6) is -0.467. The minimum atomic E-state index is -0.467. The molecule has 1 aliphatic rings. The highest BCUT2D eigenvalue weighted by molar-refractivity contribution is 6.09. The second kappa shape index (κ2) is 10.3. The Morgan fingerprint density at radius 1 is 0.968 bits per heavy atom.